The molecule has 0 radical (unpaired) electrons. The monoisotopic (exact) mass is 267 g/mol. The highest BCUT2D eigenvalue weighted by Crippen LogP contribution is 2.19. The summed E-state index contributed by atoms with van der Waals surface area (Å²) in [5.41, 5.74) is 1.00. The van der Waals surface area contributed by atoms with Crippen molar-refractivity contribution in [3.8, 4) is 0 Å². The number of rotatable bonds is 8. The van der Waals surface area contributed by atoms with Gasteiger partial charge < -0.3 is 10.1 Å². The van der Waals surface area contributed by atoms with Crippen molar-refractivity contribution < 1.29 is 9.13 Å². The number of halogens is 1. The SMILES string of the molecule is CCOCC(NC(CC)c1cccc(F)c1)C(C)C. The van der Waals surface area contributed by atoms with Gasteiger partial charge in [-0.3, -0.25) is 0 Å². The normalized spacial score (nSPS) is 14.6. The Hall–Kier alpha value is -0.930. The fraction of sp³-hybridized carbons (Fsp3) is 0.625. The van der Waals surface area contributed by atoms with E-state index in [0.717, 1.165) is 18.6 Å². The molecule has 0 aliphatic heterocycles. The van der Waals surface area contributed by atoms with Crippen LogP contribution < -0.4 is 5.32 Å². The van der Waals surface area contributed by atoms with Crippen molar-refractivity contribution in [3.63, 3.8) is 0 Å². The summed E-state index contributed by atoms with van der Waals surface area (Å²) in [6.45, 7) is 9.88. The number of ether oxygens (including phenoxy) is 1. The molecule has 2 nitrogen and oxygen atoms in total. The van der Waals surface area contributed by atoms with Crippen molar-refractivity contribution in [3.05, 3.63) is 35.6 Å². The summed E-state index contributed by atoms with van der Waals surface area (Å²) in [7, 11) is 0. The van der Waals surface area contributed by atoms with Crippen LogP contribution in [-0.2, 0) is 4.74 Å². The third kappa shape index (κ3) is 5.29. The van der Waals surface area contributed by atoms with Crippen LogP contribution in [0.5, 0.6) is 0 Å². The van der Waals surface area contributed by atoms with Crippen molar-refractivity contribution in [2.75, 3.05) is 13.2 Å². The second-order valence-electron chi connectivity index (χ2n) is 5.19. The third-order valence-corrected chi connectivity index (χ3v) is 3.38. The standard InChI is InChI=1S/C16H26FNO/c1-5-15(13-8-7-9-14(17)10-13)18-16(12(3)4)11-19-6-2/h7-10,12,15-16,18H,5-6,11H2,1-4H3. The molecule has 0 bridgehead atoms. The summed E-state index contributed by atoms with van der Waals surface area (Å²) < 4.78 is 18.8. The van der Waals surface area contributed by atoms with Gasteiger partial charge in [-0.05, 0) is 37.0 Å². The van der Waals surface area contributed by atoms with Crippen molar-refractivity contribution >= 4 is 0 Å². The molecular formula is C16H26FNO. The predicted molar refractivity (Wildman–Crippen MR) is 77.7 cm³/mol. The zero-order chi connectivity index (χ0) is 14.3. The Balaban J connectivity index is 2.73. The molecule has 19 heavy (non-hydrogen) atoms. The molecule has 2 atom stereocenters. The molecule has 1 rings (SSSR count). The minimum absolute atomic E-state index is 0.170. The highest BCUT2D eigenvalue weighted by molar-refractivity contribution is 5.20. The minimum atomic E-state index is -0.177. The Morgan fingerprint density at radius 2 is 2.00 bits per heavy atom. The molecule has 0 fully saturated rings. The Morgan fingerprint density at radius 1 is 1.26 bits per heavy atom. The molecule has 0 spiro atoms. The summed E-state index contributed by atoms with van der Waals surface area (Å²) in [4.78, 5) is 0. The third-order valence-electron chi connectivity index (χ3n) is 3.38. The van der Waals surface area contributed by atoms with Gasteiger partial charge in [-0.15, -0.1) is 0 Å². The molecule has 108 valence electrons. The van der Waals surface area contributed by atoms with Crippen LogP contribution in [0.1, 0.15) is 45.7 Å². The van der Waals surface area contributed by atoms with Crippen LogP contribution >= 0.6 is 0 Å². The van der Waals surface area contributed by atoms with Crippen LogP contribution in [-0.4, -0.2) is 19.3 Å². The topological polar surface area (TPSA) is 21.3 Å². The van der Waals surface area contributed by atoms with E-state index < -0.39 is 0 Å². The molecule has 1 aromatic carbocycles. The van der Waals surface area contributed by atoms with Crippen molar-refractivity contribution in [1.29, 1.82) is 0 Å². The molecule has 0 saturated carbocycles. The zero-order valence-electron chi connectivity index (χ0n) is 12.4. The molecule has 3 heteroatoms. The van der Waals surface area contributed by atoms with Gasteiger partial charge in [0.2, 0.25) is 0 Å². The first-order chi connectivity index (χ1) is 9.08. The van der Waals surface area contributed by atoms with Gasteiger partial charge in [0.05, 0.1) is 6.61 Å². The lowest BCUT2D eigenvalue weighted by atomic mass is 9.99. The molecule has 0 heterocycles. The fourth-order valence-electron chi connectivity index (χ4n) is 2.11. The van der Waals surface area contributed by atoms with Crippen LogP contribution in [0.15, 0.2) is 24.3 Å². The molecular weight excluding hydrogens is 241 g/mol. The van der Waals surface area contributed by atoms with Gasteiger partial charge in [0, 0.05) is 18.7 Å². The Kier molecular flexibility index (Phi) is 7.03. The van der Waals surface area contributed by atoms with Crippen molar-refractivity contribution in [2.24, 2.45) is 5.92 Å². The molecule has 2 unspecified atom stereocenters. The molecule has 0 aliphatic rings. The van der Waals surface area contributed by atoms with E-state index in [2.05, 4.69) is 26.1 Å². The highest BCUT2D eigenvalue weighted by atomic mass is 19.1. The van der Waals surface area contributed by atoms with E-state index in [-0.39, 0.29) is 17.9 Å². The van der Waals surface area contributed by atoms with E-state index in [1.807, 2.05) is 13.0 Å². The van der Waals surface area contributed by atoms with Crippen LogP contribution in [0.3, 0.4) is 0 Å². The van der Waals surface area contributed by atoms with E-state index in [1.54, 1.807) is 12.1 Å². The van der Waals surface area contributed by atoms with Gasteiger partial charge in [-0.2, -0.15) is 0 Å². The van der Waals surface area contributed by atoms with Crippen molar-refractivity contribution in [1.82, 2.24) is 5.32 Å². The largest absolute Gasteiger partial charge is 0.380 e. The predicted octanol–water partition coefficient (Wildman–Crippen LogP) is 3.93. The smallest absolute Gasteiger partial charge is 0.123 e. The van der Waals surface area contributed by atoms with E-state index >= 15 is 0 Å². The maximum atomic E-state index is 13.3. The second-order valence-corrected chi connectivity index (χ2v) is 5.19. The summed E-state index contributed by atoms with van der Waals surface area (Å²) >= 11 is 0. The number of hydrogen-bond donors (Lipinski definition) is 1. The first-order valence-electron chi connectivity index (χ1n) is 7.17. The zero-order valence-corrected chi connectivity index (χ0v) is 12.4. The summed E-state index contributed by atoms with van der Waals surface area (Å²) in [6.07, 6.45) is 0.929. The average molecular weight is 267 g/mol. The molecule has 1 aromatic rings. The van der Waals surface area contributed by atoms with Crippen LogP contribution in [0.2, 0.25) is 0 Å². The number of hydrogen-bond acceptors (Lipinski definition) is 2. The van der Waals surface area contributed by atoms with Gasteiger partial charge >= 0.3 is 0 Å². The Morgan fingerprint density at radius 3 is 2.53 bits per heavy atom. The van der Waals surface area contributed by atoms with E-state index in [1.165, 1.54) is 6.07 Å². The molecule has 0 aliphatic carbocycles. The Bertz CT molecular complexity index is 368. The molecule has 1 N–H and O–H groups in total. The average Bonchev–Trinajstić information content (AvgIpc) is 2.38. The number of nitrogens with one attached hydrogen (secondary N) is 1. The lowest BCUT2D eigenvalue weighted by Crippen LogP contribution is -2.40. The molecule has 0 amide bonds. The van der Waals surface area contributed by atoms with Crippen LogP contribution in [0, 0.1) is 11.7 Å². The first-order valence-corrected chi connectivity index (χ1v) is 7.17. The fourth-order valence-corrected chi connectivity index (χ4v) is 2.11. The van der Waals surface area contributed by atoms with Gasteiger partial charge in [0.1, 0.15) is 5.82 Å². The van der Waals surface area contributed by atoms with Gasteiger partial charge in [0.15, 0.2) is 0 Å². The number of benzene rings is 1. The highest BCUT2D eigenvalue weighted by Gasteiger charge is 2.18. The molecule has 0 aromatic heterocycles. The summed E-state index contributed by atoms with van der Waals surface area (Å²) in [5.74, 6) is 0.304. The van der Waals surface area contributed by atoms with E-state index in [9.17, 15) is 4.39 Å². The van der Waals surface area contributed by atoms with Gasteiger partial charge in [-0.1, -0.05) is 32.9 Å². The van der Waals surface area contributed by atoms with Crippen LogP contribution in [0.4, 0.5) is 4.39 Å². The second kappa shape index (κ2) is 8.28. The molecule has 0 saturated heterocycles. The summed E-state index contributed by atoms with van der Waals surface area (Å²) in [5, 5.41) is 3.59. The first kappa shape index (κ1) is 16.1. The quantitative estimate of drug-likeness (QED) is 0.770. The minimum Gasteiger partial charge on any atom is -0.380 e. The van der Waals surface area contributed by atoms with Gasteiger partial charge in [0.25, 0.3) is 0 Å². The van der Waals surface area contributed by atoms with E-state index in [0.29, 0.717) is 12.5 Å². The lowest BCUT2D eigenvalue weighted by molar-refractivity contribution is 0.103. The van der Waals surface area contributed by atoms with Crippen molar-refractivity contribution in [2.45, 2.75) is 46.2 Å². The Labute approximate surface area is 116 Å². The maximum absolute atomic E-state index is 13.3. The lowest BCUT2D eigenvalue weighted by Gasteiger charge is -2.28. The maximum Gasteiger partial charge on any atom is 0.123 e. The summed E-state index contributed by atoms with van der Waals surface area (Å²) in [6, 6.07) is 7.29. The van der Waals surface area contributed by atoms with Crippen LogP contribution in [0.25, 0.3) is 0 Å². The van der Waals surface area contributed by atoms with E-state index in [4.69, 9.17) is 4.74 Å². The van der Waals surface area contributed by atoms with Gasteiger partial charge in [-0.25, -0.2) is 4.39 Å².